The highest BCUT2D eigenvalue weighted by atomic mass is 79.9. The Labute approximate surface area is 236 Å². The lowest BCUT2D eigenvalue weighted by molar-refractivity contribution is -0.605. The summed E-state index contributed by atoms with van der Waals surface area (Å²) < 4.78 is 88.1. The molecule has 0 bridgehead atoms. The van der Waals surface area contributed by atoms with Gasteiger partial charge >= 0.3 is 17.2 Å². The van der Waals surface area contributed by atoms with Crippen molar-refractivity contribution in [3.63, 3.8) is 0 Å². The van der Waals surface area contributed by atoms with Gasteiger partial charge < -0.3 is 20.6 Å². The van der Waals surface area contributed by atoms with Crippen LogP contribution in [0.1, 0.15) is 38.8 Å². The summed E-state index contributed by atoms with van der Waals surface area (Å²) in [4.78, 5) is 25.8. The normalized spacial score (nSPS) is 13.3. The number of nitrogens with zero attached hydrogens (tertiary/aromatic N) is 1. The van der Waals surface area contributed by atoms with Crippen LogP contribution in [0.2, 0.25) is 0 Å². The van der Waals surface area contributed by atoms with Gasteiger partial charge in [0.2, 0.25) is 0 Å². The number of alkyl halides is 7. The molecule has 1 unspecified atom stereocenters. The van der Waals surface area contributed by atoms with E-state index in [1.807, 2.05) is 0 Å². The number of nitrogens with one attached hydrogen (secondary N) is 2. The number of halogens is 8. The zero-order chi connectivity index (χ0) is 30.0. The number of hydrogen-bond donors (Lipinski definition) is 2. The minimum Gasteiger partial charge on any atom is -0.619 e. The number of hydrogen-bond acceptors (Lipinski definition) is 4. The number of aromatic nitrogens is 1. The van der Waals surface area contributed by atoms with Gasteiger partial charge in [0.05, 0.1) is 29.6 Å². The molecule has 214 valence electrons. The average molecular weight is 655 g/mol. The van der Waals surface area contributed by atoms with E-state index in [1.165, 1.54) is 44.4 Å². The molecule has 0 saturated heterocycles. The Morgan fingerprint density at radius 3 is 2.17 bits per heavy atom. The van der Waals surface area contributed by atoms with E-state index >= 15 is 0 Å². The number of ether oxygens (including phenoxy) is 1. The SMILES string of the molecule is CCc1cc(C(F)(C(F)(F)F)C(F)(F)Cl)cc(Br)c1NC(=O)c1cccc(NC(=O)c2cc[n+]([O-])cc2)c1OC. The summed E-state index contributed by atoms with van der Waals surface area (Å²) in [7, 11) is 1.22. The number of aryl methyl sites for hydroxylation is 1. The third-order valence-electron chi connectivity index (χ3n) is 5.75. The minimum absolute atomic E-state index is 0.0702. The van der Waals surface area contributed by atoms with Gasteiger partial charge in [-0.05, 0) is 63.8 Å². The first-order valence-corrected chi connectivity index (χ1v) is 12.4. The van der Waals surface area contributed by atoms with Gasteiger partial charge in [0.25, 0.3) is 11.8 Å². The van der Waals surface area contributed by atoms with Crippen LogP contribution in [0.25, 0.3) is 0 Å². The molecule has 1 aromatic heterocycles. The molecule has 0 saturated carbocycles. The van der Waals surface area contributed by atoms with Gasteiger partial charge in [-0.15, -0.1) is 0 Å². The summed E-state index contributed by atoms with van der Waals surface area (Å²) in [5, 5.41) is 10.9. The number of para-hydroxylation sites is 1. The van der Waals surface area contributed by atoms with Crippen LogP contribution in [0, 0.1) is 5.21 Å². The highest BCUT2D eigenvalue weighted by molar-refractivity contribution is 9.10. The molecule has 0 spiro atoms. The molecule has 3 rings (SSSR count). The lowest BCUT2D eigenvalue weighted by Crippen LogP contribution is -2.49. The van der Waals surface area contributed by atoms with Gasteiger partial charge in [-0.25, -0.2) is 4.39 Å². The van der Waals surface area contributed by atoms with E-state index in [2.05, 4.69) is 38.2 Å². The summed E-state index contributed by atoms with van der Waals surface area (Å²) >= 11 is 7.50. The number of carbonyl (C=O) groups excluding carboxylic acids is 2. The summed E-state index contributed by atoms with van der Waals surface area (Å²) in [5.74, 6) is -1.57. The molecule has 2 aromatic carbocycles. The van der Waals surface area contributed by atoms with Gasteiger partial charge in [-0.3, -0.25) is 9.59 Å². The van der Waals surface area contributed by atoms with Crippen molar-refractivity contribution in [1.29, 1.82) is 0 Å². The van der Waals surface area contributed by atoms with E-state index in [0.717, 1.165) is 12.4 Å². The molecule has 0 radical (unpaired) electrons. The third kappa shape index (κ3) is 5.97. The van der Waals surface area contributed by atoms with E-state index in [-0.39, 0.29) is 44.7 Å². The number of rotatable bonds is 8. The molecule has 2 N–H and O–H groups in total. The van der Waals surface area contributed by atoms with Crippen LogP contribution in [0.15, 0.2) is 59.3 Å². The van der Waals surface area contributed by atoms with Gasteiger partial charge in [-0.2, -0.15) is 26.7 Å². The fraction of sp³-hybridized carbons (Fsp3) is 0.240. The smallest absolute Gasteiger partial charge is 0.434 e. The Hall–Kier alpha value is -3.52. The van der Waals surface area contributed by atoms with Crippen molar-refractivity contribution in [2.75, 3.05) is 17.7 Å². The van der Waals surface area contributed by atoms with Crippen molar-refractivity contribution >= 4 is 50.7 Å². The fourth-order valence-electron chi connectivity index (χ4n) is 3.74. The number of carbonyl (C=O) groups is 2. The Morgan fingerprint density at radius 2 is 1.65 bits per heavy atom. The van der Waals surface area contributed by atoms with Crippen LogP contribution in [-0.4, -0.2) is 30.5 Å². The van der Waals surface area contributed by atoms with Crippen LogP contribution in [0.4, 0.5) is 37.7 Å². The number of amides is 2. The number of methoxy groups -OCH3 is 1. The summed E-state index contributed by atoms with van der Waals surface area (Å²) in [6.45, 7) is 1.45. The molecule has 15 heteroatoms. The third-order valence-corrected chi connectivity index (χ3v) is 6.63. The molecule has 7 nitrogen and oxygen atoms in total. The number of benzene rings is 2. The lowest BCUT2D eigenvalue weighted by Gasteiger charge is -2.32. The lowest BCUT2D eigenvalue weighted by atomic mass is 9.92. The van der Waals surface area contributed by atoms with Crippen LogP contribution >= 0.6 is 27.5 Å². The van der Waals surface area contributed by atoms with Gasteiger partial charge in [0.15, 0.2) is 18.1 Å². The predicted molar refractivity (Wildman–Crippen MR) is 137 cm³/mol. The Bertz CT molecular complexity index is 1420. The molecule has 3 aromatic rings. The second-order valence-electron chi connectivity index (χ2n) is 8.24. The largest absolute Gasteiger partial charge is 0.619 e. The Kier molecular flexibility index (Phi) is 8.94. The van der Waals surface area contributed by atoms with Gasteiger partial charge in [0, 0.05) is 22.2 Å². The quantitative estimate of drug-likeness (QED) is 0.122. The molecule has 0 aliphatic heterocycles. The van der Waals surface area contributed by atoms with E-state index < -0.39 is 34.6 Å². The van der Waals surface area contributed by atoms with E-state index in [4.69, 9.17) is 4.74 Å². The molecule has 2 amide bonds. The van der Waals surface area contributed by atoms with Crippen molar-refractivity contribution in [1.82, 2.24) is 0 Å². The van der Waals surface area contributed by atoms with E-state index in [9.17, 15) is 41.1 Å². The molecular formula is C25H19BrClF6N3O4. The Morgan fingerprint density at radius 1 is 1.02 bits per heavy atom. The van der Waals surface area contributed by atoms with Crippen LogP contribution in [0.5, 0.6) is 5.75 Å². The Balaban J connectivity index is 1.99. The van der Waals surface area contributed by atoms with Gasteiger partial charge in [0.1, 0.15) is 0 Å². The second kappa shape index (κ2) is 11.5. The summed E-state index contributed by atoms with van der Waals surface area (Å²) in [6, 6.07) is 7.70. The average Bonchev–Trinajstić information content (AvgIpc) is 2.87. The molecular weight excluding hydrogens is 636 g/mol. The zero-order valence-corrected chi connectivity index (χ0v) is 22.8. The second-order valence-corrected chi connectivity index (χ2v) is 9.57. The first-order valence-electron chi connectivity index (χ1n) is 11.2. The minimum atomic E-state index is -6.07. The molecule has 0 aliphatic rings. The molecule has 1 heterocycles. The highest BCUT2D eigenvalue weighted by Gasteiger charge is 2.72. The summed E-state index contributed by atoms with van der Waals surface area (Å²) in [5.41, 5.74) is -6.84. The first kappa shape index (κ1) is 31.0. The fourth-order valence-corrected chi connectivity index (χ4v) is 4.56. The molecule has 1 atom stereocenters. The monoisotopic (exact) mass is 653 g/mol. The van der Waals surface area contributed by atoms with E-state index in [1.54, 1.807) is 0 Å². The number of anilines is 2. The standard InChI is InChI=1S/C25H19BrClF6N3O4/c1-3-13-11-15(23(28,24(27,29)30)25(31,32)33)12-17(26)19(13)35-22(38)16-5-4-6-18(20(16)40-2)34-21(37)14-7-9-36(39)10-8-14/h4-12H,3H2,1-2H3,(H,34,37)(H,35,38). The molecule has 0 fully saturated rings. The highest BCUT2D eigenvalue weighted by Crippen LogP contribution is 2.55. The maximum atomic E-state index is 14.9. The van der Waals surface area contributed by atoms with Crippen molar-refractivity contribution in [2.45, 2.75) is 30.6 Å². The van der Waals surface area contributed by atoms with Gasteiger partial charge in [-0.1, -0.05) is 13.0 Å². The molecule has 40 heavy (non-hydrogen) atoms. The summed E-state index contributed by atoms with van der Waals surface area (Å²) in [6.07, 6.45) is -3.94. The van der Waals surface area contributed by atoms with Crippen LogP contribution in [-0.2, 0) is 12.1 Å². The maximum Gasteiger partial charge on any atom is 0.434 e. The maximum absolute atomic E-state index is 14.9. The predicted octanol–water partition coefficient (Wildman–Crippen LogP) is 6.72. The molecule has 0 aliphatic carbocycles. The van der Waals surface area contributed by atoms with Crippen molar-refractivity contribution in [2.24, 2.45) is 0 Å². The topological polar surface area (TPSA) is 94.4 Å². The van der Waals surface area contributed by atoms with Crippen molar-refractivity contribution < 1.29 is 45.4 Å². The number of pyridine rings is 1. The zero-order valence-electron chi connectivity index (χ0n) is 20.5. The first-order chi connectivity index (χ1) is 18.5. The van der Waals surface area contributed by atoms with Crippen molar-refractivity contribution in [3.8, 4) is 5.75 Å². The van der Waals surface area contributed by atoms with Crippen LogP contribution < -0.4 is 20.1 Å². The van der Waals surface area contributed by atoms with Crippen molar-refractivity contribution in [3.05, 3.63) is 86.8 Å². The van der Waals surface area contributed by atoms with E-state index in [0.29, 0.717) is 16.9 Å². The van der Waals surface area contributed by atoms with Crippen LogP contribution in [0.3, 0.4) is 0 Å².